The van der Waals surface area contributed by atoms with Crippen molar-refractivity contribution in [2.24, 2.45) is 0 Å². The lowest BCUT2D eigenvalue weighted by Crippen LogP contribution is -2.52. The highest BCUT2D eigenvalue weighted by Crippen LogP contribution is 2.20. The van der Waals surface area contributed by atoms with Gasteiger partial charge in [0.2, 0.25) is 0 Å². The molecule has 6 nitrogen and oxygen atoms in total. The number of carbonyl (C=O) groups excluding carboxylic acids is 2. The molecule has 0 saturated carbocycles. The largest absolute Gasteiger partial charge is 0.385 e. The normalized spacial score (nSPS) is 14.7. The number of nitrogens with one attached hydrogen (secondary N) is 1. The number of rotatable bonds is 5. The first-order valence-electron chi connectivity index (χ1n) is 7.68. The van der Waals surface area contributed by atoms with Gasteiger partial charge in [0.1, 0.15) is 0 Å². The molecule has 0 aromatic heterocycles. The van der Waals surface area contributed by atoms with Crippen LogP contribution in [0.3, 0.4) is 0 Å². The quantitative estimate of drug-likeness (QED) is 0.645. The molecule has 0 unspecified atom stereocenters. The third-order valence-electron chi connectivity index (χ3n) is 3.75. The van der Waals surface area contributed by atoms with E-state index in [2.05, 4.69) is 10.2 Å². The maximum atomic E-state index is 12.1. The first kappa shape index (κ1) is 17.6. The third kappa shape index (κ3) is 5.11. The zero-order chi connectivity index (χ0) is 16.7. The zero-order valence-electron chi connectivity index (χ0n) is 13.3. The molecule has 2 amide bonds. The monoisotopic (exact) mass is 339 g/mol. The number of hydrogen-bond donors (Lipinski definition) is 1. The Morgan fingerprint density at radius 3 is 2.65 bits per heavy atom. The van der Waals surface area contributed by atoms with Gasteiger partial charge in [-0.2, -0.15) is 0 Å². The predicted octanol–water partition coefficient (Wildman–Crippen LogP) is 1.14. The fourth-order valence-electron chi connectivity index (χ4n) is 2.48. The highest BCUT2D eigenvalue weighted by atomic mass is 35.5. The van der Waals surface area contributed by atoms with Gasteiger partial charge < -0.3 is 19.9 Å². The van der Waals surface area contributed by atoms with Gasteiger partial charge in [0.25, 0.3) is 0 Å². The van der Waals surface area contributed by atoms with Crippen LogP contribution in [0.25, 0.3) is 0 Å². The van der Waals surface area contributed by atoms with Crippen LogP contribution in [0.1, 0.15) is 6.42 Å². The second-order valence-corrected chi connectivity index (χ2v) is 5.80. The summed E-state index contributed by atoms with van der Waals surface area (Å²) in [6, 6.07) is 7.63. The second-order valence-electron chi connectivity index (χ2n) is 5.36. The Morgan fingerprint density at radius 1 is 1.26 bits per heavy atom. The number of hydrogen-bond acceptors (Lipinski definition) is 4. The first-order chi connectivity index (χ1) is 11.1. The molecule has 1 fully saturated rings. The highest BCUT2D eigenvalue weighted by molar-refractivity contribution is 6.35. The fraction of sp³-hybridized carbons (Fsp3) is 0.500. The summed E-state index contributed by atoms with van der Waals surface area (Å²) in [4.78, 5) is 27.7. The van der Waals surface area contributed by atoms with Crippen molar-refractivity contribution < 1.29 is 14.3 Å². The van der Waals surface area contributed by atoms with Crippen LogP contribution in [0.5, 0.6) is 0 Å². The number of halogens is 1. The number of methoxy groups -OCH3 is 1. The maximum absolute atomic E-state index is 12.1. The van der Waals surface area contributed by atoms with Crippen LogP contribution in [0.4, 0.5) is 5.69 Å². The molecule has 7 heteroatoms. The van der Waals surface area contributed by atoms with Crippen LogP contribution in [0.2, 0.25) is 5.02 Å². The molecule has 1 saturated heterocycles. The Hall–Kier alpha value is -1.79. The standard InChI is InChI=1S/C16H22ClN3O3/c1-23-11-3-6-18-15(21)16(22)20-9-7-19(8-10-20)14-5-2-4-13(17)12-14/h2,4-5,12H,3,6-11H2,1H3,(H,18,21). The van der Waals surface area contributed by atoms with E-state index in [4.69, 9.17) is 16.3 Å². The minimum absolute atomic E-state index is 0.445. The van der Waals surface area contributed by atoms with E-state index in [9.17, 15) is 9.59 Å². The number of ether oxygens (including phenoxy) is 1. The van der Waals surface area contributed by atoms with E-state index in [-0.39, 0.29) is 0 Å². The number of anilines is 1. The van der Waals surface area contributed by atoms with E-state index in [0.29, 0.717) is 50.8 Å². The van der Waals surface area contributed by atoms with Crippen LogP contribution in [0, 0.1) is 0 Å². The summed E-state index contributed by atoms with van der Waals surface area (Å²) in [5.74, 6) is -1.01. The van der Waals surface area contributed by atoms with Gasteiger partial charge in [-0.1, -0.05) is 17.7 Å². The van der Waals surface area contributed by atoms with Crippen molar-refractivity contribution in [3.63, 3.8) is 0 Å². The summed E-state index contributed by atoms with van der Waals surface area (Å²) in [7, 11) is 1.60. The Kier molecular flexibility index (Phi) is 6.67. The molecule has 1 N–H and O–H groups in total. The molecular weight excluding hydrogens is 318 g/mol. The summed E-state index contributed by atoms with van der Waals surface area (Å²) in [5.41, 5.74) is 1.04. The minimum Gasteiger partial charge on any atom is -0.385 e. The summed E-state index contributed by atoms with van der Waals surface area (Å²) in [6.07, 6.45) is 0.693. The predicted molar refractivity (Wildman–Crippen MR) is 89.7 cm³/mol. The van der Waals surface area contributed by atoms with Crippen molar-refractivity contribution >= 4 is 29.1 Å². The van der Waals surface area contributed by atoms with Crippen molar-refractivity contribution in [3.8, 4) is 0 Å². The highest BCUT2D eigenvalue weighted by Gasteiger charge is 2.25. The van der Waals surface area contributed by atoms with E-state index in [1.165, 1.54) is 0 Å². The number of carbonyl (C=O) groups is 2. The summed E-state index contributed by atoms with van der Waals surface area (Å²) >= 11 is 6.00. The Bertz CT molecular complexity index is 545. The molecule has 0 spiro atoms. The molecule has 0 radical (unpaired) electrons. The maximum Gasteiger partial charge on any atom is 0.312 e. The van der Waals surface area contributed by atoms with Gasteiger partial charge in [0, 0.05) is 57.2 Å². The molecule has 1 aliphatic heterocycles. The van der Waals surface area contributed by atoms with E-state index in [1.54, 1.807) is 12.0 Å². The van der Waals surface area contributed by atoms with Gasteiger partial charge in [-0.05, 0) is 24.6 Å². The first-order valence-corrected chi connectivity index (χ1v) is 8.06. The Morgan fingerprint density at radius 2 is 2.00 bits per heavy atom. The van der Waals surface area contributed by atoms with Gasteiger partial charge >= 0.3 is 11.8 Å². The van der Waals surface area contributed by atoms with Crippen molar-refractivity contribution in [1.29, 1.82) is 0 Å². The van der Waals surface area contributed by atoms with Gasteiger partial charge in [-0.15, -0.1) is 0 Å². The molecule has 0 atom stereocenters. The van der Waals surface area contributed by atoms with Crippen LogP contribution in [-0.4, -0.2) is 63.2 Å². The third-order valence-corrected chi connectivity index (χ3v) is 3.98. The Labute approximate surface area is 141 Å². The summed E-state index contributed by atoms with van der Waals surface area (Å²) in [5, 5.41) is 3.31. The molecule has 126 valence electrons. The van der Waals surface area contributed by atoms with Gasteiger partial charge in [0.05, 0.1) is 0 Å². The number of amides is 2. The Balaban J connectivity index is 1.79. The van der Waals surface area contributed by atoms with Crippen LogP contribution in [0.15, 0.2) is 24.3 Å². The average molecular weight is 340 g/mol. The number of piperazine rings is 1. The molecule has 1 aliphatic rings. The number of benzene rings is 1. The van der Waals surface area contributed by atoms with Crippen LogP contribution >= 0.6 is 11.6 Å². The molecule has 1 heterocycles. The molecule has 23 heavy (non-hydrogen) atoms. The molecule has 1 aromatic rings. The van der Waals surface area contributed by atoms with Gasteiger partial charge in [0.15, 0.2) is 0 Å². The van der Waals surface area contributed by atoms with Crippen molar-refractivity contribution in [1.82, 2.24) is 10.2 Å². The lowest BCUT2D eigenvalue weighted by atomic mass is 10.2. The summed E-state index contributed by atoms with van der Waals surface area (Å²) in [6.45, 7) is 3.42. The van der Waals surface area contributed by atoms with Gasteiger partial charge in [-0.25, -0.2) is 0 Å². The molecule has 0 bridgehead atoms. The van der Waals surface area contributed by atoms with Crippen molar-refractivity contribution in [3.05, 3.63) is 29.3 Å². The van der Waals surface area contributed by atoms with Gasteiger partial charge in [-0.3, -0.25) is 9.59 Å². The SMILES string of the molecule is COCCCNC(=O)C(=O)N1CCN(c2cccc(Cl)c2)CC1. The van der Waals surface area contributed by atoms with E-state index in [1.807, 2.05) is 24.3 Å². The van der Waals surface area contributed by atoms with Crippen LogP contribution in [-0.2, 0) is 14.3 Å². The van der Waals surface area contributed by atoms with Crippen molar-refractivity contribution in [2.75, 3.05) is 51.3 Å². The second kappa shape index (κ2) is 8.74. The van der Waals surface area contributed by atoms with Crippen LogP contribution < -0.4 is 10.2 Å². The fourth-order valence-corrected chi connectivity index (χ4v) is 2.66. The molecular formula is C16H22ClN3O3. The van der Waals surface area contributed by atoms with Crippen molar-refractivity contribution in [2.45, 2.75) is 6.42 Å². The minimum atomic E-state index is -0.544. The molecule has 0 aliphatic carbocycles. The topological polar surface area (TPSA) is 61.9 Å². The lowest BCUT2D eigenvalue weighted by Gasteiger charge is -2.35. The average Bonchev–Trinajstić information content (AvgIpc) is 2.58. The summed E-state index contributed by atoms with van der Waals surface area (Å²) < 4.78 is 4.90. The zero-order valence-corrected chi connectivity index (χ0v) is 14.0. The molecule has 2 rings (SSSR count). The smallest absolute Gasteiger partial charge is 0.312 e. The lowest BCUT2D eigenvalue weighted by molar-refractivity contribution is -0.146. The number of nitrogens with zero attached hydrogens (tertiary/aromatic N) is 2. The molecule has 1 aromatic carbocycles. The van der Waals surface area contributed by atoms with E-state index < -0.39 is 11.8 Å². The van der Waals surface area contributed by atoms with E-state index in [0.717, 1.165) is 5.69 Å². The van der Waals surface area contributed by atoms with E-state index >= 15 is 0 Å².